The molecule has 0 aromatic heterocycles. The summed E-state index contributed by atoms with van der Waals surface area (Å²) in [5.41, 5.74) is 1.83. The zero-order valence-electron chi connectivity index (χ0n) is 18.7. The summed E-state index contributed by atoms with van der Waals surface area (Å²) in [5.74, 6) is 3.54. The molecule has 0 amide bonds. The Kier molecular flexibility index (Phi) is 5.42. The van der Waals surface area contributed by atoms with Gasteiger partial charge in [-0.05, 0) is 85.4 Å². The van der Waals surface area contributed by atoms with Crippen molar-refractivity contribution in [3.05, 3.63) is 42.0 Å². The van der Waals surface area contributed by atoms with Gasteiger partial charge in [-0.3, -0.25) is 0 Å². The molecule has 4 bridgehead atoms. The highest BCUT2D eigenvalue weighted by molar-refractivity contribution is 6.74. The van der Waals surface area contributed by atoms with Crippen LogP contribution in [0.3, 0.4) is 0 Å². The van der Waals surface area contributed by atoms with Crippen LogP contribution in [-0.4, -0.2) is 14.9 Å². The normalized spacial score (nSPS) is 33.5. The van der Waals surface area contributed by atoms with Crippen LogP contribution in [-0.2, 0) is 4.43 Å². The Hall–Kier alpha value is -0.863. The molecule has 1 aromatic carbocycles. The summed E-state index contributed by atoms with van der Waals surface area (Å²) in [6.45, 7) is 12.8. The molecule has 0 spiro atoms. The van der Waals surface area contributed by atoms with Crippen LogP contribution in [0.5, 0.6) is 0 Å². The molecule has 1 atom stereocenters. The van der Waals surface area contributed by atoms with E-state index >= 15 is 0 Å². The molecule has 0 unspecified atom stereocenters. The molecule has 1 aromatic rings. The molecule has 2 heteroatoms. The minimum Gasteiger partial charge on any atom is -0.416 e. The highest BCUT2D eigenvalue weighted by atomic mass is 28.4. The molecule has 0 heterocycles. The summed E-state index contributed by atoms with van der Waals surface area (Å²) in [6.07, 6.45) is 13.8. The second-order valence-electron chi connectivity index (χ2n) is 11.7. The van der Waals surface area contributed by atoms with Gasteiger partial charge >= 0.3 is 0 Å². The Bertz CT molecular complexity index is 662. The lowest BCUT2D eigenvalue weighted by Gasteiger charge is -2.59. The van der Waals surface area contributed by atoms with Gasteiger partial charge in [0.05, 0.1) is 0 Å². The molecule has 5 rings (SSSR count). The van der Waals surface area contributed by atoms with E-state index in [1.165, 1.54) is 44.1 Å². The lowest BCUT2D eigenvalue weighted by molar-refractivity contribution is -0.0842. The van der Waals surface area contributed by atoms with Gasteiger partial charge in [0.1, 0.15) is 0 Å². The fraction of sp³-hybridized carbons (Fsp3) is 0.692. The first-order valence-electron chi connectivity index (χ1n) is 11.5. The topological polar surface area (TPSA) is 9.23 Å². The van der Waals surface area contributed by atoms with Crippen molar-refractivity contribution >= 4 is 14.4 Å². The predicted molar refractivity (Wildman–Crippen MR) is 123 cm³/mol. The van der Waals surface area contributed by atoms with Crippen LogP contribution in [0.25, 0.3) is 6.08 Å². The van der Waals surface area contributed by atoms with E-state index in [2.05, 4.69) is 76.3 Å². The zero-order chi connectivity index (χ0) is 20.0. The summed E-state index contributed by atoms with van der Waals surface area (Å²) in [6, 6.07) is 10.8. The molecule has 0 saturated heterocycles. The van der Waals surface area contributed by atoms with Crippen molar-refractivity contribution < 1.29 is 4.43 Å². The summed E-state index contributed by atoms with van der Waals surface area (Å²) < 4.78 is 6.82. The van der Waals surface area contributed by atoms with Gasteiger partial charge in [0.25, 0.3) is 0 Å². The number of benzene rings is 1. The van der Waals surface area contributed by atoms with Gasteiger partial charge in [0.15, 0.2) is 8.32 Å². The second-order valence-corrected chi connectivity index (χ2v) is 16.5. The Labute approximate surface area is 174 Å². The quantitative estimate of drug-likeness (QED) is 0.451. The van der Waals surface area contributed by atoms with Crippen molar-refractivity contribution in [2.75, 3.05) is 6.61 Å². The van der Waals surface area contributed by atoms with E-state index in [1.807, 2.05) is 0 Å². The van der Waals surface area contributed by atoms with Crippen LogP contribution in [0, 0.1) is 29.1 Å². The van der Waals surface area contributed by atoms with Crippen LogP contribution in [0.2, 0.25) is 18.1 Å². The lowest BCUT2D eigenvalue weighted by Crippen LogP contribution is -2.51. The molecule has 4 aliphatic carbocycles. The summed E-state index contributed by atoms with van der Waals surface area (Å²) in [5, 5.41) is 0.280. The zero-order valence-corrected chi connectivity index (χ0v) is 19.7. The van der Waals surface area contributed by atoms with Gasteiger partial charge in [-0.15, -0.1) is 0 Å². The number of rotatable bonds is 6. The number of hydrogen-bond donors (Lipinski definition) is 0. The van der Waals surface area contributed by atoms with Gasteiger partial charge < -0.3 is 4.43 Å². The molecule has 4 saturated carbocycles. The standard InChI is InChI=1S/C26H40OSi/c1-25(2,3)28(4,5)27-19-24(12-11-20-9-7-6-8-10-20)26-16-21-13-22(17-26)15-23(14-21)18-26/h6-12,21-24H,13-19H2,1-5H3/t21?,22?,23?,24-,26?/m1/s1. The van der Waals surface area contributed by atoms with Gasteiger partial charge in [0, 0.05) is 12.5 Å². The third-order valence-corrected chi connectivity index (χ3v) is 13.1. The third kappa shape index (κ3) is 4.05. The van der Waals surface area contributed by atoms with E-state index in [4.69, 9.17) is 4.43 Å². The first-order valence-corrected chi connectivity index (χ1v) is 14.4. The smallest absolute Gasteiger partial charge is 0.192 e. The fourth-order valence-electron chi connectivity index (χ4n) is 6.37. The maximum Gasteiger partial charge on any atom is 0.192 e. The predicted octanol–water partition coefficient (Wildman–Crippen LogP) is 7.55. The summed E-state index contributed by atoms with van der Waals surface area (Å²) in [4.78, 5) is 0. The van der Waals surface area contributed by atoms with Crippen LogP contribution < -0.4 is 0 Å². The van der Waals surface area contributed by atoms with Crippen molar-refractivity contribution in [3.8, 4) is 0 Å². The van der Waals surface area contributed by atoms with Gasteiger partial charge in [0.2, 0.25) is 0 Å². The monoisotopic (exact) mass is 396 g/mol. The SMILES string of the molecule is CC(C)(C)[Si](C)(C)OC[C@@H](C=Cc1ccccc1)C12CC3CC(CC(C3)C1)C2. The summed E-state index contributed by atoms with van der Waals surface area (Å²) >= 11 is 0. The molecule has 4 fully saturated rings. The van der Waals surface area contributed by atoms with Crippen LogP contribution in [0.1, 0.15) is 64.9 Å². The van der Waals surface area contributed by atoms with Crippen molar-refractivity contribution in [2.45, 2.75) is 77.4 Å². The molecule has 154 valence electrons. The van der Waals surface area contributed by atoms with Gasteiger partial charge in [-0.2, -0.15) is 0 Å². The largest absolute Gasteiger partial charge is 0.416 e. The minimum atomic E-state index is -1.72. The van der Waals surface area contributed by atoms with Gasteiger partial charge in [-0.25, -0.2) is 0 Å². The van der Waals surface area contributed by atoms with Gasteiger partial charge in [-0.1, -0.05) is 63.3 Å². The van der Waals surface area contributed by atoms with E-state index in [9.17, 15) is 0 Å². The Morgan fingerprint density at radius 3 is 2.04 bits per heavy atom. The van der Waals surface area contributed by atoms with E-state index in [-0.39, 0.29) is 5.04 Å². The minimum absolute atomic E-state index is 0.280. The van der Waals surface area contributed by atoms with E-state index in [1.54, 1.807) is 0 Å². The fourth-order valence-corrected chi connectivity index (χ4v) is 7.40. The first kappa shape index (κ1) is 20.4. The van der Waals surface area contributed by atoms with Crippen LogP contribution in [0.15, 0.2) is 36.4 Å². The van der Waals surface area contributed by atoms with Crippen molar-refractivity contribution in [2.24, 2.45) is 29.1 Å². The maximum atomic E-state index is 6.82. The van der Waals surface area contributed by atoms with Crippen LogP contribution in [0.4, 0.5) is 0 Å². The molecule has 28 heavy (non-hydrogen) atoms. The highest BCUT2D eigenvalue weighted by Gasteiger charge is 2.54. The average Bonchev–Trinajstić information content (AvgIpc) is 2.60. The highest BCUT2D eigenvalue weighted by Crippen LogP contribution is 2.63. The number of hydrogen-bond acceptors (Lipinski definition) is 1. The molecule has 0 radical (unpaired) electrons. The molecule has 1 nitrogen and oxygen atoms in total. The van der Waals surface area contributed by atoms with E-state index in [0.717, 1.165) is 24.4 Å². The Morgan fingerprint density at radius 2 is 1.54 bits per heavy atom. The molecule has 0 aliphatic heterocycles. The van der Waals surface area contributed by atoms with Crippen molar-refractivity contribution in [1.82, 2.24) is 0 Å². The molecule has 0 N–H and O–H groups in total. The lowest BCUT2D eigenvalue weighted by atomic mass is 9.46. The van der Waals surface area contributed by atoms with E-state index in [0.29, 0.717) is 11.3 Å². The molecule has 4 aliphatic rings. The average molecular weight is 397 g/mol. The third-order valence-electron chi connectivity index (χ3n) is 8.62. The Morgan fingerprint density at radius 1 is 1.00 bits per heavy atom. The molecular formula is C26H40OSi. The summed E-state index contributed by atoms with van der Waals surface area (Å²) in [7, 11) is -1.72. The first-order chi connectivity index (χ1) is 13.2. The Balaban J connectivity index is 1.58. The van der Waals surface area contributed by atoms with Crippen LogP contribution >= 0.6 is 0 Å². The van der Waals surface area contributed by atoms with Crippen molar-refractivity contribution in [1.29, 1.82) is 0 Å². The molecular weight excluding hydrogens is 356 g/mol. The van der Waals surface area contributed by atoms with E-state index < -0.39 is 8.32 Å². The van der Waals surface area contributed by atoms with Crippen molar-refractivity contribution in [3.63, 3.8) is 0 Å². The second kappa shape index (κ2) is 7.43. The maximum absolute atomic E-state index is 6.82.